The molecule has 1 nitrogen and oxygen atoms in total. The topological polar surface area (TPSA) is 20.2 Å². The van der Waals surface area contributed by atoms with Crippen molar-refractivity contribution in [2.45, 2.75) is 155 Å². The molecule has 0 aromatic heterocycles. The molecule has 0 saturated carbocycles. The second-order valence-corrected chi connectivity index (χ2v) is 8.42. The average molecular weight is 355 g/mol. The van der Waals surface area contributed by atoms with Crippen molar-refractivity contribution in [2.24, 2.45) is 0 Å². The molecule has 0 bridgehead atoms. The molecule has 0 aromatic carbocycles. The lowest BCUT2D eigenvalue weighted by Gasteiger charge is -2.27. The third-order valence-corrected chi connectivity index (χ3v) is 5.68. The van der Waals surface area contributed by atoms with Crippen LogP contribution in [0.2, 0.25) is 0 Å². The number of hydrogen-bond acceptors (Lipinski definition) is 1. The number of unbranched alkanes of at least 4 members (excludes halogenated alkanes) is 14. The summed E-state index contributed by atoms with van der Waals surface area (Å²) < 4.78 is 0. The van der Waals surface area contributed by atoms with Gasteiger partial charge >= 0.3 is 0 Å². The van der Waals surface area contributed by atoms with Crippen LogP contribution in [0.4, 0.5) is 0 Å². The maximum Gasteiger partial charge on any atom is 0.0647 e. The molecule has 152 valence electrons. The van der Waals surface area contributed by atoms with Gasteiger partial charge in [-0.2, -0.15) is 0 Å². The maximum atomic E-state index is 10.6. The van der Waals surface area contributed by atoms with Crippen LogP contribution in [0.15, 0.2) is 0 Å². The molecule has 0 aromatic rings. The molecule has 0 aliphatic carbocycles. The SMILES string of the molecule is CCCCCCCCCCCCCCCCCC(O)(CCC)CCC. The van der Waals surface area contributed by atoms with Crippen LogP contribution >= 0.6 is 0 Å². The first-order valence-electron chi connectivity index (χ1n) is 11.9. The molecular formula is C24H50O. The Kier molecular flexibility index (Phi) is 18.7. The van der Waals surface area contributed by atoms with Crippen LogP contribution in [-0.4, -0.2) is 10.7 Å². The lowest BCUT2D eigenvalue weighted by molar-refractivity contribution is 0.0105. The van der Waals surface area contributed by atoms with Crippen molar-refractivity contribution in [1.82, 2.24) is 0 Å². The average Bonchev–Trinajstić information content (AvgIpc) is 2.59. The minimum Gasteiger partial charge on any atom is -0.390 e. The summed E-state index contributed by atoms with van der Waals surface area (Å²) in [6, 6.07) is 0. The van der Waals surface area contributed by atoms with E-state index in [-0.39, 0.29) is 5.60 Å². The van der Waals surface area contributed by atoms with E-state index >= 15 is 0 Å². The zero-order valence-corrected chi connectivity index (χ0v) is 18.1. The quantitative estimate of drug-likeness (QED) is 0.217. The van der Waals surface area contributed by atoms with Crippen molar-refractivity contribution in [3.05, 3.63) is 0 Å². The molecule has 0 aliphatic rings. The van der Waals surface area contributed by atoms with Gasteiger partial charge in [0.1, 0.15) is 0 Å². The van der Waals surface area contributed by atoms with Gasteiger partial charge in [-0.05, 0) is 19.3 Å². The predicted molar refractivity (Wildman–Crippen MR) is 114 cm³/mol. The molecule has 0 rings (SSSR count). The minimum absolute atomic E-state index is 0.361. The van der Waals surface area contributed by atoms with Crippen LogP contribution in [0.25, 0.3) is 0 Å². The normalized spacial score (nSPS) is 12.0. The largest absolute Gasteiger partial charge is 0.390 e. The number of aliphatic hydroxyl groups is 1. The fraction of sp³-hybridized carbons (Fsp3) is 1.00. The van der Waals surface area contributed by atoms with E-state index in [4.69, 9.17) is 0 Å². The molecule has 1 N–H and O–H groups in total. The molecule has 1 heteroatoms. The summed E-state index contributed by atoms with van der Waals surface area (Å²) in [5, 5.41) is 10.6. The Morgan fingerprint density at radius 3 is 1.04 bits per heavy atom. The zero-order chi connectivity index (χ0) is 18.6. The highest BCUT2D eigenvalue weighted by Gasteiger charge is 2.23. The van der Waals surface area contributed by atoms with Gasteiger partial charge in [-0.1, -0.05) is 130 Å². The molecule has 0 aliphatic heterocycles. The van der Waals surface area contributed by atoms with Crippen LogP contribution in [0, 0.1) is 0 Å². The summed E-state index contributed by atoms with van der Waals surface area (Å²) in [6.07, 6.45) is 26.3. The lowest BCUT2D eigenvalue weighted by Crippen LogP contribution is -2.28. The Balaban J connectivity index is 3.28. The Bertz CT molecular complexity index is 242. The smallest absolute Gasteiger partial charge is 0.0647 e. The van der Waals surface area contributed by atoms with Crippen molar-refractivity contribution in [3.63, 3.8) is 0 Å². The minimum atomic E-state index is -0.361. The van der Waals surface area contributed by atoms with Gasteiger partial charge in [0.2, 0.25) is 0 Å². The van der Waals surface area contributed by atoms with Crippen LogP contribution < -0.4 is 0 Å². The second-order valence-electron chi connectivity index (χ2n) is 8.42. The molecule has 0 radical (unpaired) electrons. The van der Waals surface area contributed by atoms with Crippen LogP contribution in [-0.2, 0) is 0 Å². The summed E-state index contributed by atoms with van der Waals surface area (Å²) in [5.41, 5.74) is -0.361. The molecule has 0 unspecified atom stereocenters. The van der Waals surface area contributed by atoms with Crippen molar-refractivity contribution in [3.8, 4) is 0 Å². The fourth-order valence-corrected chi connectivity index (χ4v) is 4.13. The van der Waals surface area contributed by atoms with Gasteiger partial charge in [0, 0.05) is 0 Å². The second kappa shape index (κ2) is 18.7. The van der Waals surface area contributed by atoms with Crippen molar-refractivity contribution >= 4 is 0 Å². The van der Waals surface area contributed by atoms with E-state index in [2.05, 4.69) is 20.8 Å². The molecule has 0 saturated heterocycles. The highest BCUT2D eigenvalue weighted by molar-refractivity contribution is 4.77. The summed E-state index contributed by atoms with van der Waals surface area (Å²) in [7, 11) is 0. The predicted octanol–water partition coefficient (Wildman–Crippen LogP) is 8.58. The molecule has 0 fully saturated rings. The lowest BCUT2D eigenvalue weighted by atomic mass is 9.87. The first-order chi connectivity index (χ1) is 12.2. The van der Waals surface area contributed by atoms with E-state index in [1.54, 1.807) is 0 Å². The standard InChI is InChI=1S/C24H50O/c1-4-7-8-9-10-11-12-13-14-15-16-17-18-19-20-23-24(25,21-5-2)22-6-3/h25H,4-23H2,1-3H3. The highest BCUT2D eigenvalue weighted by Crippen LogP contribution is 2.26. The van der Waals surface area contributed by atoms with Gasteiger partial charge in [0.05, 0.1) is 5.60 Å². The van der Waals surface area contributed by atoms with Gasteiger partial charge < -0.3 is 5.11 Å². The Morgan fingerprint density at radius 2 is 0.720 bits per heavy atom. The van der Waals surface area contributed by atoms with Crippen LogP contribution in [0.1, 0.15) is 149 Å². The summed E-state index contributed by atoms with van der Waals surface area (Å²) in [5.74, 6) is 0. The Hall–Kier alpha value is -0.0400. The van der Waals surface area contributed by atoms with Gasteiger partial charge in [-0.3, -0.25) is 0 Å². The van der Waals surface area contributed by atoms with Crippen LogP contribution in [0.3, 0.4) is 0 Å². The first kappa shape index (κ1) is 25.0. The highest BCUT2D eigenvalue weighted by atomic mass is 16.3. The molecule has 25 heavy (non-hydrogen) atoms. The van der Waals surface area contributed by atoms with E-state index < -0.39 is 0 Å². The molecule has 0 amide bonds. The number of hydrogen-bond donors (Lipinski definition) is 1. The monoisotopic (exact) mass is 354 g/mol. The van der Waals surface area contributed by atoms with E-state index in [0.717, 1.165) is 32.1 Å². The summed E-state index contributed by atoms with van der Waals surface area (Å²) >= 11 is 0. The maximum absolute atomic E-state index is 10.6. The fourth-order valence-electron chi connectivity index (χ4n) is 4.13. The molecule has 0 heterocycles. The third kappa shape index (κ3) is 17.1. The molecule has 0 spiro atoms. The first-order valence-corrected chi connectivity index (χ1v) is 11.9. The van der Waals surface area contributed by atoms with Crippen molar-refractivity contribution in [2.75, 3.05) is 0 Å². The number of rotatable bonds is 20. The van der Waals surface area contributed by atoms with E-state index in [1.807, 2.05) is 0 Å². The van der Waals surface area contributed by atoms with Crippen LogP contribution in [0.5, 0.6) is 0 Å². The summed E-state index contributed by atoms with van der Waals surface area (Å²) in [6.45, 7) is 6.67. The third-order valence-electron chi connectivity index (χ3n) is 5.68. The van der Waals surface area contributed by atoms with Gasteiger partial charge in [-0.15, -0.1) is 0 Å². The van der Waals surface area contributed by atoms with E-state index in [0.29, 0.717) is 0 Å². The Morgan fingerprint density at radius 1 is 0.400 bits per heavy atom. The van der Waals surface area contributed by atoms with Gasteiger partial charge in [-0.25, -0.2) is 0 Å². The summed E-state index contributed by atoms with van der Waals surface area (Å²) in [4.78, 5) is 0. The molecular weight excluding hydrogens is 304 g/mol. The van der Waals surface area contributed by atoms with E-state index in [1.165, 1.54) is 96.3 Å². The van der Waals surface area contributed by atoms with Crippen molar-refractivity contribution < 1.29 is 5.11 Å². The zero-order valence-electron chi connectivity index (χ0n) is 18.1. The van der Waals surface area contributed by atoms with Gasteiger partial charge in [0.25, 0.3) is 0 Å². The van der Waals surface area contributed by atoms with E-state index in [9.17, 15) is 5.11 Å². The molecule has 0 atom stereocenters. The Labute approximate surface area is 160 Å². The van der Waals surface area contributed by atoms with Crippen molar-refractivity contribution in [1.29, 1.82) is 0 Å². The van der Waals surface area contributed by atoms with Gasteiger partial charge in [0.15, 0.2) is 0 Å².